The van der Waals surface area contributed by atoms with Crippen LogP contribution in [0.3, 0.4) is 0 Å². The van der Waals surface area contributed by atoms with Gasteiger partial charge in [-0.25, -0.2) is 12.7 Å². The summed E-state index contributed by atoms with van der Waals surface area (Å²) < 4.78 is 31.0. The normalized spacial score (nSPS) is 11.6. The van der Waals surface area contributed by atoms with Gasteiger partial charge in [-0.2, -0.15) is 0 Å². The molecule has 0 aliphatic heterocycles. The van der Waals surface area contributed by atoms with E-state index in [1.54, 1.807) is 18.2 Å². The maximum Gasteiger partial charge on any atom is 0.255 e. The van der Waals surface area contributed by atoms with Gasteiger partial charge < -0.3 is 9.73 Å². The van der Waals surface area contributed by atoms with E-state index in [-0.39, 0.29) is 15.5 Å². The first-order valence-corrected chi connectivity index (χ1v) is 9.92. The molecule has 0 atom stereocenters. The summed E-state index contributed by atoms with van der Waals surface area (Å²) in [6.07, 6.45) is 1.22. The molecule has 0 saturated heterocycles. The lowest BCUT2D eigenvalue weighted by molar-refractivity contribution is 0.102. The zero-order chi connectivity index (χ0) is 20.5. The Morgan fingerprint density at radius 1 is 1.18 bits per heavy atom. The second-order valence-corrected chi connectivity index (χ2v) is 8.69. The Hall–Kier alpha value is -2.75. The molecule has 8 nitrogen and oxygen atoms in total. The molecular formula is C18H17ClN4O4S. The van der Waals surface area contributed by atoms with Gasteiger partial charge in [0, 0.05) is 30.9 Å². The zero-order valence-corrected chi connectivity index (χ0v) is 16.9. The fourth-order valence-corrected chi connectivity index (χ4v) is 3.82. The van der Waals surface area contributed by atoms with Crippen molar-refractivity contribution >= 4 is 33.2 Å². The van der Waals surface area contributed by atoms with Crippen molar-refractivity contribution in [3.63, 3.8) is 0 Å². The summed E-state index contributed by atoms with van der Waals surface area (Å²) in [5, 5.41) is 10.3. The van der Waals surface area contributed by atoms with Crippen LogP contribution in [0.4, 0.5) is 5.69 Å². The standard InChI is InChI=1S/C18H17ClN4O4S/c1-11-4-5-13(18-22-20-10-27-18)8-15(11)21-17(24)12-6-7-14(19)16(9-12)28(25,26)23(2)3/h4-10H,1-3H3,(H,21,24). The molecule has 1 aromatic heterocycles. The number of benzene rings is 2. The number of amides is 1. The van der Waals surface area contributed by atoms with Crippen molar-refractivity contribution < 1.29 is 17.6 Å². The van der Waals surface area contributed by atoms with Crippen LogP contribution >= 0.6 is 11.6 Å². The van der Waals surface area contributed by atoms with Gasteiger partial charge in [-0.15, -0.1) is 10.2 Å². The van der Waals surface area contributed by atoms with E-state index in [0.717, 1.165) is 9.87 Å². The molecule has 0 fully saturated rings. The molecule has 10 heteroatoms. The Balaban J connectivity index is 1.93. The number of sulfonamides is 1. The summed E-state index contributed by atoms with van der Waals surface area (Å²) in [7, 11) is -1.000. The summed E-state index contributed by atoms with van der Waals surface area (Å²) in [5.74, 6) is -0.154. The third kappa shape index (κ3) is 3.91. The molecule has 146 valence electrons. The van der Waals surface area contributed by atoms with E-state index in [9.17, 15) is 13.2 Å². The lowest BCUT2D eigenvalue weighted by atomic mass is 10.1. The van der Waals surface area contributed by atoms with Crippen LogP contribution in [0.5, 0.6) is 0 Å². The van der Waals surface area contributed by atoms with Gasteiger partial charge in [0.25, 0.3) is 5.91 Å². The highest BCUT2D eigenvalue weighted by Crippen LogP contribution is 2.27. The molecule has 1 heterocycles. The summed E-state index contributed by atoms with van der Waals surface area (Å²) in [6.45, 7) is 1.83. The van der Waals surface area contributed by atoms with E-state index in [2.05, 4.69) is 15.5 Å². The van der Waals surface area contributed by atoms with Crippen LogP contribution in [-0.2, 0) is 10.0 Å². The van der Waals surface area contributed by atoms with Crippen molar-refractivity contribution in [2.45, 2.75) is 11.8 Å². The molecule has 1 N–H and O–H groups in total. The lowest BCUT2D eigenvalue weighted by Gasteiger charge is -2.14. The molecule has 3 aromatic rings. The topological polar surface area (TPSA) is 105 Å². The number of halogens is 1. The van der Waals surface area contributed by atoms with Crippen molar-refractivity contribution in [2.24, 2.45) is 0 Å². The predicted molar refractivity (Wildman–Crippen MR) is 105 cm³/mol. The highest BCUT2D eigenvalue weighted by Gasteiger charge is 2.22. The van der Waals surface area contributed by atoms with E-state index in [0.29, 0.717) is 17.1 Å². The van der Waals surface area contributed by atoms with E-state index in [4.69, 9.17) is 16.0 Å². The highest BCUT2D eigenvalue weighted by atomic mass is 35.5. The Labute approximate surface area is 167 Å². The second-order valence-electron chi connectivity index (χ2n) is 6.16. The smallest absolute Gasteiger partial charge is 0.255 e. The Bertz CT molecular complexity index is 1130. The van der Waals surface area contributed by atoms with Crippen LogP contribution in [0, 0.1) is 6.92 Å². The molecule has 0 bridgehead atoms. The molecule has 0 spiro atoms. The average molecular weight is 421 g/mol. The largest absolute Gasteiger partial charge is 0.423 e. The Morgan fingerprint density at radius 2 is 1.93 bits per heavy atom. The minimum atomic E-state index is -3.79. The number of aromatic nitrogens is 2. The first-order chi connectivity index (χ1) is 13.2. The number of hydrogen-bond acceptors (Lipinski definition) is 6. The maximum atomic E-state index is 12.7. The summed E-state index contributed by atoms with van der Waals surface area (Å²) in [4.78, 5) is 12.6. The SMILES string of the molecule is Cc1ccc(-c2nnco2)cc1NC(=O)c1ccc(Cl)c(S(=O)(=O)N(C)C)c1. The monoisotopic (exact) mass is 420 g/mol. The van der Waals surface area contributed by atoms with Crippen LogP contribution in [0.2, 0.25) is 5.02 Å². The molecule has 0 radical (unpaired) electrons. The van der Waals surface area contributed by atoms with Gasteiger partial charge in [0.2, 0.25) is 22.3 Å². The minimum Gasteiger partial charge on any atom is -0.423 e. The van der Waals surface area contributed by atoms with Gasteiger partial charge in [-0.05, 0) is 42.8 Å². The van der Waals surface area contributed by atoms with Crippen LogP contribution in [0.1, 0.15) is 15.9 Å². The fraction of sp³-hybridized carbons (Fsp3) is 0.167. The van der Waals surface area contributed by atoms with Crippen molar-refractivity contribution in [3.8, 4) is 11.5 Å². The van der Waals surface area contributed by atoms with Crippen molar-refractivity contribution in [2.75, 3.05) is 19.4 Å². The van der Waals surface area contributed by atoms with Crippen molar-refractivity contribution in [1.29, 1.82) is 0 Å². The van der Waals surface area contributed by atoms with E-state index in [1.807, 2.05) is 6.92 Å². The minimum absolute atomic E-state index is 0.0415. The van der Waals surface area contributed by atoms with Gasteiger partial charge in [0.15, 0.2) is 0 Å². The first-order valence-electron chi connectivity index (χ1n) is 8.11. The maximum absolute atomic E-state index is 12.7. The molecule has 0 aliphatic rings. The Kier molecular flexibility index (Phi) is 5.50. The summed E-state index contributed by atoms with van der Waals surface area (Å²) in [5.41, 5.74) is 2.15. The predicted octanol–water partition coefficient (Wildman–Crippen LogP) is 3.20. The van der Waals surface area contributed by atoms with Gasteiger partial charge in [0.1, 0.15) is 4.90 Å². The van der Waals surface area contributed by atoms with Crippen LogP contribution in [-0.4, -0.2) is 42.9 Å². The third-order valence-electron chi connectivity index (χ3n) is 4.04. The number of anilines is 1. The lowest BCUT2D eigenvalue weighted by Crippen LogP contribution is -2.23. The van der Waals surface area contributed by atoms with Crippen LogP contribution < -0.4 is 5.32 Å². The van der Waals surface area contributed by atoms with Gasteiger partial charge in [-0.3, -0.25) is 4.79 Å². The molecule has 0 saturated carbocycles. The second kappa shape index (κ2) is 7.70. The average Bonchev–Trinajstić information content (AvgIpc) is 3.18. The van der Waals surface area contributed by atoms with E-state index in [1.165, 1.54) is 38.7 Å². The number of nitrogens with one attached hydrogen (secondary N) is 1. The van der Waals surface area contributed by atoms with Crippen molar-refractivity contribution in [3.05, 3.63) is 58.9 Å². The van der Waals surface area contributed by atoms with Gasteiger partial charge >= 0.3 is 0 Å². The molecule has 0 unspecified atom stereocenters. The van der Waals surface area contributed by atoms with E-state index >= 15 is 0 Å². The molecule has 1 amide bonds. The first kappa shape index (κ1) is 20.0. The van der Waals surface area contributed by atoms with Crippen molar-refractivity contribution in [1.82, 2.24) is 14.5 Å². The number of nitrogens with zero attached hydrogens (tertiary/aromatic N) is 3. The number of hydrogen-bond donors (Lipinski definition) is 1. The van der Waals surface area contributed by atoms with Gasteiger partial charge in [0.05, 0.1) is 5.02 Å². The van der Waals surface area contributed by atoms with E-state index < -0.39 is 15.9 Å². The molecule has 3 rings (SSSR count). The molecule has 2 aromatic carbocycles. The number of carbonyl (C=O) groups is 1. The molecular weight excluding hydrogens is 404 g/mol. The molecule has 0 aliphatic carbocycles. The van der Waals surface area contributed by atoms with Crippen LogP contribution in [0.25, 0.3) is 11.5 Å². The third-order valence-corrected chi connectivity index (χ3v) is 6.34. The number of rotatable bonds is 5. The molecule has 28 heavy (non-hydrogen) atoms. The summed E-state index contributed by atoms with van der Waals surface area (Å²) in [6, 6.07) is 9.40. The fourth-order valence-electron chi connectivity index (χ4n) is 2.42. The van der Waals surface area contributed by atoms with Gasteiger partial charge in [-0.1, -0.05) is 17.7 Å². The quantitative estimate of drug-likeness (QED) is 0.679. The Morgan fingerprint density at radius 3 is 2.57 bits per heavy atom. The zero-order valence-electron chi connectivity index (χ0n) is 15.3. The summed E-state index contributed by atoms with van der Waals surface area (Å²) >= 11 is 6.03. The number of aryl methyl sites for hydroxylation is 1. The number of carbonyl (C=O) groups excluding carboxylic acids is 1. The van der Waals surface area contributed by atoms with Crippen LogP contribution in [0.15, 0.2) is 52.1 Å². The highest BCUT2D eigenvalue weighted by molar-refractivity contribution is 7.89.